The molecule has 0 aliphatic carbocycles. The Balaban J connectivity index is 1.72. The number of carbonyl (C=O) groups is 1. The number of fused-ring (bicyclic) bond motifs is 1. The van der Waals surface area contributed by atoms with E-state index in [1.165, 1.54) is 16.7 Å². The number of para-hydroxylation sites is 1. The first-order chi connectivity index (χ1) is 16.2. The summed E-state index contributed by atoms with van der Waals surface area (Å²) in [5.41, 5.74) is 2.81. The molecule has 0 aliphatic heterocycles. The number of hydrogen-bond donors (Lipinski definition) is 1. The maximum absolute atomic E-state index is 13.5. The summed E-state index contributed by atoms with van der Waals surface area (Å²) < 4.78 is 29.6. The van der Waals surface area contributed by atoms with Gasteiger partial charge in [0.15, 0.2) is 5.69 Å². The van der Waals surface area contributed by atoms with Crippen LogP contribution in [-0.4, -0.2) is 30.5 Å². The van der Waals surface area contributed by atoms with Crippen molar-refractivity contribution >= 4 is 38.2 Å². The molecule has 0 atom stereocenters. The summed E-state index contributed by atoms with van der Waals surface area (Å²) in [4.78, 5) is 12.9. The van der Waals surface area contributed by atoms with Crippen LogP contribution in [0.1, 0.15) is 11.1 Å². The molecule has 0 saturated heterocycles. The van der Waals surface area contributed by atoms with Crippen LogP contribution in [-0.2, 0) is 21.9 Å². The number of aromatic hydroxyl groups is 1. The number of aromatic nitrogens is 1. The molecule has 1 heterocycles. The lowest BCUT2D eigenvalue weighted by molar-refractivity contribution is -0.116. The summed E-state index contributed by atoms with van der Waals surface area (Å²) in [5, 5.41) is 18.8. The van der Waals surface area contributed by atoms with Gasteiger partial charge in [0.2, 0.25) is 5.88 Å². The summed E-state index contributed by atoms with van der Waals surface area (Å²) in [6.07, 6.45) is 0. The van der Waals surface area contributed by atoms with Crippen molar-refractivity contribution in [1.29, 1.82) is 0 Å². The van der Waals surface area contributed by atoms with Gasteiger partial charge in [-0.15, -0.1) is 10.2 Å². The van der Waals surface area contributed by atoms with E-state index in [1.807, 2.05) is 25.1 Å². The third-order valence-electron chi connectivity index (χ3n) is 5.55. The number of anilines is 1. The van der Waals surface area contributed by atoms with Crippen molar-refractivity contribution in [3.05, 3.63) is 83.9 Å². The van der Waals surface area contributed by atoms with Gasteiger partial charge in [-0.2, -0.15) is 0 Å². The molecule has 4 rings (SSSR count). The van der Waals surface area contributed by atoms with Crippen molar-refractivity contribution in [3.63, 3.8) is 0 Å². The Morgan fingerprint density at radius 3 is 2.41 bits per heavy atom. The highest BCUT2D eigenvalue weighted by Gasteiger charge is 2.28. The monoisotopic (exact) mass is 476 g/mol. The molecular weight excluding hydrogens is 452 g/mol. The molecular formula is C25H24N4O4S. The van der Waals surface area contributed by atoms with Gasteiger partial charge in [0.25, 0.3) is 15.9 Å². The van der Waals surface area contributed by atoms with E-state index in [2.05, 4.69) is 10.2 Å². The van der Waals surface area contributed by atoms with Crippen molar-refractivity contribution in [2.24, 2.45) is 17.3 Å². The van der Waals surface area contributed by atoms with E-state index in [0.29, 0.717) is 16.6 Å². The number of azo groups is 1. The molecule has 0 radical (unpaired) electrons. The number of hydrogen-bond acceptors (Lipinski definition) is 5. The molecule has 9 heteroatoms. The third kappa shape index (κ3) is 4.29. The van der Waals surface area contributed by atoms with Crippen molar-refractivity contribution in [2.75, 3.05) is 10.8 Å². The number of rotatable bonds is 6. The van der Waals surface area contributed by atoms with Gasteiger partial charge in [0.1, 0.15) is 6.54 Å². The zero-order valence-corrected chi connectivity index (χ0v) is 19.8. The summed E-state index contributed by atoms with van der Waals surface area (Å²) in [6, 6.07) is 20.5. The first-order valence-corrected chi connectivity index (χ1v) is 12.0. The van der Waals surface area contributed by atoms with E-state index in [-0.39, 0.29) is 16.5 Å². The van der Waals surface area contributed by atoms with Gasteiger partial charge in [-0.25, -0.2) is 8.42 Å². The Kier molecular flexibility index (Phi) is 6.21. The molecule has 34 heavy (non-hydrogen) atoms. The fourth-order valence-corrected chi connectivity index (χ4v) is 5.22. The molecule has 1 aromatic heterocycles. The van der Waals surface area contributed by atoms with E-state index < -0.39 is 22.5 Å². The quantitative estimate of drug-likeness (QED) is 0.395. The number of amides is 1. The topological polar surface area (TPSA) is 104 Å². The number of carbonyl (C=O) groups excluding carboxylic acids is 1. The number of sulfonamides is 1. The molecule has 0 bridgehead atoms. The van der Waals surface area contributed by atoms with Crippen molar-refractivity contribution < 1.29 is 18.3 Å². The minimum Gasteiger partial charge on any atom is -0.493 e. The van der Waals surface area contributed by atoms with Gasteiger partial charge in [-0.1, -0.05) is 48.5 Å². The second kappa shape index (κ2) is 9.11. The largest absolute Gasteiger partial charge is 0.493 e. The van der Waals surface area contributed by atoms with Gasteiger partial charge in [0, 0.05) is 12.4 Å². The van der Waals surface area contributed by atoms with E-state index >= 15 is 0 Å². The van der Waals surface area contributed by atoms with Crippen LogP contribution in [0.15, 0.2) is 87.9 Å². The van der Waals surface area contributed by atoms with Gasteiger partial charge in [-0.3, -0.25) is 9.10 Å². The van der Waals surface area contributed by atoms with E-state index in [4.69, 9.17) is 0 Å². The van der Waals surface area contributed by atoms with Crippen LogP contribution in [0.25, 0.3) is 10.9 Å². The number of benzene rings is 3. The Hall–Kier alpha value is -3.98. The maximum Gasteiger partial charge on any atom is 0.285 e. The SMILES string of the molecule is Cc1ccc(C)c(N(CC(=O)N=Nc2c(O)n(C)c3ccccc23)S(=O)(=O)c2ccccc2)c1. The van der Waals surface area contributed by atoms with E-state index in [9.17, 15) is 18.3 Å². The van der Waals surface area contributed by atoms with Crippen LogP contribution in [0.5, 0.6) is 5.88 Å². The Morgan fingerprint density at radius 1 is 1.00 bits per heavy atom. The molecule has 0 fully saturated rings. The van der Waals surface area contributed by atoms with Crippen molar-refractivity contribution in [1.82, 2.24) is 4.57 Å². The lowest BCUT2D eigenvalue weighted by atomic mass is 10.1. The normalized spacial score (nSPS) is 11.9. The first kappa shape index (κ1) is 23.2. The summed E-state index contributed by atoms with van der Waals surface area (Å²) in [7, 11) is -2.38. The number of aryl methyl sites for hydroxylation is 3. The summed E-state index contributed by atoms with van der Waals surface area (Å²) in [6.45, 7) is 3.08. The standard InChI is InChI=1S/C25H24N4O4S/c1-17-13-14-18(2)22(15-17)29(34(32,33)19-9-5-4-6-10-19)16-23(30)26-27-24-20-11-7-8-12-21(20)28(3)25(24)31/h4-15,31H,16H2,1-3H3. The second-order valence-corrected chi connectivity index (χ2v) is 9.82. The summed E-state index contributed by atoms with van der Waals surface area (Å²) in [5.74, 6) is -0.909. The lowest BCUT2D eigenvalue weighted by Gasteiger charge is -2.25. The predicted molar refractivity (Wildman–Crippen MR) is 131 cm³/mol. The maximum atomic E-state index is 13.5. The average Bonchev–Trinajstić information content (AvgIpc) is 3.08. The van der Waals surface area contributed by atoms with E-state index in [0.717, 1.165) is 15.4 Å². The highest BCUT2D eigenvalue weighted by atomic mass is 32.2. The Labute approximate surface area is 197 Å². The zero-order chi connectivity index (χ0) is 24.5. The molecule has 3 aromatic carbocycles. The molecule has 1 N–H and O–H groups in total. The minimum absolute atomic E-state index is 0.0624. The third-order valence-corrected chi connectivity index (χ3v) is 7.33. The van der Waals surface area contributed by atoms with Crippen LogP contribution < -0.4 is 4.31 Å². The fourth-order valence-electron chi connectivity index (χ4n) is 3.73. The lowest BCUT2D eigenvalue weighted by Crippen LogP contribution is -2.35. The zero-order valence-electron chi connectivity index (χ0n) is 19.0. The highest BCUT2D eigenvalue weighted by molar-refractivity contribution is 7.92. The molecule has 4 aromatic rings. The Morgan fingerprint density at radius 2 is 1.68 bits per heavy atom. The van der Waals surface area contributed by atoms with Crippen LogP contribution in [0.4, 0.5) is 11.4 Å². The second-order valence-electron chi connectivity index (χ2n) is 7.96. The van der Waals surface area contributed by atoms with Crippen LogP contribution in [0, 0.1) is 13.8 Å². The highest BCUT2D eigenvalue weighted by Crippen LogP contribution is 2.37. The molecule has 1 amide bonds. The first-order valence-electron chi connectivity index (χ1n) is 10.6. The van der Waals surface area contributed by atoms with Gasteiger partial charge >= 0.3 is 0 Å². The van der Waals surface area contributed by atoms with Crippen molar-refractivity contribution in [3.8, 4) is 5.88 Å². The molecule has 0 saturated carbocycles. The van der Waals surface area contributed by atoms with Crippen LogP contribution >= 0.6 is 0 Å². The average molecular weight is 477 g/mol. The predicted octanol–water partition coefficient (Wildman–Crippen LogP) is 5.01. The molecule has 0 aliphatic rings. The van der Waals surface area contributed by atoms with Gasteiger partial charge in [0.05, 0.1) is 16.1 Å². The minimum atomic E-state index is -4.05. The molecule has 8 nitrogen and oxygen atoms in total. The number of nitrogens with zero attached hydrogens (tertiary/aromatic N) is 4. The van der Waals surface area contributed by atoms with Crippen LogP contribution in [0.3, 0.4) is 0 Å². The van der Waals surface area contributed by atoms with E-state index in [1.54, 1.807) is 56.4 Å². The van der Waals surface area contributed by atoms with Gasteiger partial charge in [-0.05, 0) is 49.2 Å². The summed E-state index contributed by atoms with van der Waals surface area (Å²) >= 11 is 0. The van der Waals surface area contributed by atoms with Crippen molar-refractivity contribution in [2.45, 2.75) is 18.7 Å². The fraction of sp³-hybridized carbons (Fsp3) is 0.160. The van der Waals surface area contributed by atoms with Gasteiger partial charge < -0.3 is 9.67 Å². The van der Waals surface area contributed by atoms with Crippen LogP contribution in [0.2, 0.25) is 0 Å². The molecule has 0 unspecified atom stereocenters. The molecule has 0 spiro atoms. The Bertz CT molecular complexity index is 1510. The smallest absolute Gasteiger partial charge is 0.285 e. The molecule has 174 valence electrons.